The van der Waals surface area contributed by atoms with Crippen LogP contribution in [0.4, 0.5) is 5.13 Å². The quantitative estimate of drug-likeness (QED) is 0.890. The zero-order valence-electron chi connectivity index (χ0n) is 12.1. The SMILES string of the molecule is c1ccc(CCNc2nc(CN3CCOCC3)cs2)cc1. The fraction of sp³-hybridized carbons (Fsp3) is 0.438. The maximum absolute atomic E-state index is 5.37. The zero-order chi connectivity index (χ0) is 14.3. The van der Waals surface area contributed by atoms with E-state index in [-0.39, 0.29) is 0 Å². The lowest BCUT2D eigenvalue weighted by atomic mass is 10.2. The molecule has 3 rings (SSSR count). The van der Waals surface area contributed by atoms with Crippen LogP contribution in [0.2, 0.25) is 0 Å². The van der Waals surface area contributed by atoms with Crippen LogP contribution in [0.25, 0.3) is 0 Å². The van der Waals surface area contributed by atoms with Crippen LogP contribution in [0, 0.1) is 0 Å². The van der Waals surface area contributed by atoms with Crippen LogP contribution in [-0.2, 0) is 17.7 Å². The molecule has 0 atom stereocenters. The Labute approximate surface area is 129 Å². The number of nitrogens with zero attached hydrogens (tertiary/aromatic N) is 2. The van der Waals surface area contributed by atoms with Crippen molar-refractivity contribution in [3.8, 4) is 0 Å². The van der Waals surface area contributed by atoms with Gasteiger partial charge in [0.15, 0.2) is 5.13 Å². The second-order valence-corrected chi connectivity index (χ2v) is 6.05. The Balaban J connectivity index is 1.44. The Morgan fingerprint density at radius 1 is 1.19 bits per heavy atom. The number of nitrogens with one attached hydrogen (secondary N) is 1. The van der Waals surface area contributed by atoms with Gasteiger partial charge < -0.3 is 10.1 Å². The van der Waals surface area contributed by atoms with Crippen molar-refractivity contribution in [2.45, 2.75) is 13.0 Å². The summed E-state index contributed by atoms with van der Waals surface area (Å²) in [6.07, 6.45) is 1.03. The number of benzene rings is 1. The van der Waals surface area contributed by atoms with Gasteiger partial charge in [0.2, 0.25) is 0 Å². The third kappa shape index (κ3) is 4.52. The van der Waals surface area contributed by atoms with E-state index in [0.29, 0.717) is 0 Å². The lowest BCUT2D eigenvalue weighted by molar-refractivity contribution is 0.0337. The first-order valence-electron chi connectivity index (χ1n) is 7.42. The summed E-state index contributed by atoms with van der Waals surface area (Å²) in [4.78, 5) is 7.06. The molecular formula is C16H21N3OS. The van der Waals surface area contributed by atoms with E-state index < -0.39 is 0 Å². The van der Waals surface area contributed by atoms with Gasteiger partial charge in [-0.05, 0) is 12.0 Å². The first-order valence-corrected chi connectivity index (χ1v) is 8.30. The number of morpholine rings is 1. The van der Waals surface area contributed by atoms with Gasteiger partial charge in [0.1, 0.15) is 0 Å². The molecule has 1 aliphatic heterocycles. The number of hydrogen-bond donors (Lipinski definition) is 1. The lowest BCUT2D eigenvalue weighted by Gasteiger charge is -2.25. The Hall–Kier alpha value is -1.43. The highest BCUT2D eigenvalue weighted by molar-refractivity contribution is 7.13. The molecule has 1 saturated heterocycles. The third-order valence-corrected chi connectivity index (χ3v) is 4.42. The van der Waals surface area contributed by atoms with Crippen molar-refractivity contribution in [1.29, 1.82) is 0 Å². The summed E-state index contributed by atoms with van der Waals surface area (Å²) in [5, 5.41) is 6.59. The molecule has 4 nitrogen and oxygen atoms in total. The summed E-state index contributed by atoms with van der Waals surface area (Å²) in [6.45, 7) is 5.55. The van der Waals surface area contributed by atoms with Crippen molar-refractivity contribution in [3.05, 3.63) is 47.0 Å². The van der Waals surface area contributed by atoms with Crippen LogP contribution >= 0.6 is 11.3 Å². The molecular weight excluding hydrogens is 282 g/mol. The molecule has 0 unspecified atom stereocenters. The van der Waals surface area contributed by atoms with Crippen LogP contribution < -0.4 is 5.32 Å². The maximum atomic E-state index is 5.37. The molecule has 1 fully saturated rings. The Kier molecular flexibility index (Phi) is 5.21. The summed E-state index contributed by atoms with van der Waals surface area (Å²) in [5.74, 6) is 0. The summed E-state index contributed by atoms with van der Waals surface area (Å²) in [5.41, 5.74) is 2.51. The molecule has 112 valence electrons. The van der Waals surface area contributed by atoms with E-state index in [4.69, 9.17) is 4.74 Å². The molecule has 1 aromatic carbocycles. The topological polar surface area (TPSA) is 37.4 Å². The van der Waals surface area contributed by atoms with Gasteiger partial charge in [0, 0.05) is 31.6 Å². The van der Waals surface area contributed by atoms with E-state index in [1.54, 1.807) is 11.3 Å². The number of anilines is 1. The molecule has 2 heterocycles. The molecule has 21 heavy (non-hydrogen) atoms. The van der Waals surface area contributed by atoms with Crippen LogP contribution in [0.1, 0.15) is 11.3 Å². The van der Waals surface area contributed by atoms with Crippen molar-refractivity contribution >= 4 is 16.5 Å². The lowest BCUT2D eigenvalue weighted by Crippen LogP contribution is -2.35. The first kappa shape index (κ1) is 14.5. The van der Waals surface area contributed by atoms with Gasteiger partial charge >= 0.3 is 0 Å². The van der Waals surface area contributed by atoms with Crippen LogP contribution in [0.3, 0.4) is 0 Å². The molecule has 0 radical (unpaired) electrons. The molecule has 1 aliphatic rings. The summed E-state index contributed by atoms with van der Waals surface area (Å²) in [7, 11) is 0. The number of thiazole rings is 1. The second-order valence-electron chi connectivity index (χ2n) is 5.19. The van der Waals surface area contributed by atoms with Gasteiger partial charge in [-0.3, -0.25) is 4.90 Å². The van der Waals surface area contributed by atoms with Crippen LogP contribution in [0.5, 0.6) is 0 Å². The standard InChI is InChI=1S/C16H21N3OS/c1-2-4-14(5-3-1)6-7-17-16-18-15(13-21-16)12-19-8-10-20-11-9-19/h1-5,13H,6-12H2,(H,17,18). The van der Waals surface area contributed by atoms with Crippen molar-refractivity contribution in [3.63, 3.8) is 0 Å². The highest BCUT2D eigenvalue weighted by Crippen LogP contribution is 2.17. The van der Waals surface area contributed by atoms with Crippen LogP contribution in [-0.4, -0.2) is 42.7 Å². The molecule has 0 amide bonds. The Morgan fingerprint density at radius 3 is 2.81 bits per heavy atom. The highest BCUT2D eigenvalue weighted by Gasteiger charge is 2.12. The number of rotatable bonds is 6. The monoisotopic (exact) mass is 303 g/mol. The van der Waals surface area contributed by atoms with Gasteiger partial charge in [-0.2, -0.15) is 0 Å². The molecule has 0 aliphatic carbocycles. The minimum Gasteiger partial charge on any atom is -0.379 e. The summed E-state index contributed by atoms with van der Waals surface area (Å²) >= 11 is 1.69. The number of aromatic nitrogens is 1. The van der Waals surface area contributed by atoms with E-state index in [9.17, 15) is 0 Å². The van der Waals surface area contributed by atoms with E-state index in [2.05, 4.69) is 50.9 Å². The molecule has 0 saturated carbocycles. The van der Waals surface area contributed by atoms with Crippen molar-refractivity contribution in [1.82, 2.24) is 9.88 Å². The number of hydrogen-bond acceptors (Lipinski definition) is 5. The normalized spacial score (nSPS) is 16.0. The third-order valence-electron chi connectivity index (χ3n) is 3.57. The summed E-state index contributed by atoms with van der Waals surface area (Å²) < 4.78 is 5.37. The average molecular weight is 303 g/mol. The molecule has 0 spiro atoms. The van der Waals surface area contributed by atoms with Crippen molar-refractivity contribution in [2.24, 2.45) is 0 Å². The largest absolute Gasteiger partial charge is 0.379 e. The molecule has 0 bridgehead atoms. The Bertz CT molecular complexity index is 537. The van der Waals surface area contributed by atoms with Gasteiger partial charge in [-0.15, -0.1) is 11.3 Å². The fourth-order valence-electron chi connectivity index (χ4n) is 2.41. The van der Waals surface area contributed by atoms with Crippen molar-refractivity contribution < 1.29 is 4.74 Å². The molecule has 1 N–H and O–H groups in total. The molecule has 2 aromatic rings. The highest BCUT2D eigenvalue weighted by atomic mass is 32.1. The average Bonchev–Trinajstić information content (AvgIpc) is 2.97. The van der Waals surface area contributed by atoms with Gasteiger partial charge in [-0.1, -0.05) is 30.3 Å². The van der Waals surface area contributed by atoms with E-state index >= 15 is 0 Å². The fourth-order valence-corrected chi connectivity index (χ4v) is 3.14. The zero-order valence-corrected chi connectivity index (χ0v) is 12.9. The minimum atomic E-state index is 0.840. The van der Waals surface area contributed by atoms with Crippen molar-refractivity contribution in [2.75, 3.05) is 38.2 Å². The first-order chi connectivity index (χ1) is 10.4. The second kappa shape index (κ2) is 7.54. The van der Waals surface area contributed by atoms with E-state index in [1.165, 1.54) is 5.56 Å². The maximum Gasteiger partial charge on any atom is 0.182 e. The van der Waals surface area contributed by atoms with E-state index in [0.717, 1.165) is 56.6 Å². The Morgan fingerprint density at radius 2 is 2.00 bits per heavy atom. The molecule has 1 aromatic heterocycles. The van der Waals surface area contributed by atoms with Gasteiger partial charge in [0.25, 0.3) is 0 Å². The van der Waals surface area contributed by atoms with E-state index in [1.807, 2.05) is 0 Å². The predicted molar refractivity (Wildman–Crippen MR) is 86.8 cm³/mol. The van der Waals surface area contributed by atoms with Crippen LogP contribution in [0.15, 0.2) is 35.7 Å². The minimum absolute atomic E-state index is 0.840. The summed E-state index contributed by atoms with van der Waals surface area (Å²) in [6, 6.07) is 10.5. The smallest absolute Gasteiger partial charge is 0.182 e. The molecule has 5 heteroatoms. The van der Waals surface area contributed by atoms with Gasteiger partial charge in [-0.25, -0.2) is 4.98 Å². The van der Waals surface area contributed by atoms with Gasteiger partial charge in [0.05, 0.1) is 18.9 Å². The number of ether oxygens (including phenoxy) is 1. The predicted octanol–water partition coefficient (Wildman–Crippen LogP) is 2.63.